The molecule has 0 rings (SSSR count). The summed E-state index contributed by atoms with van der Waals surface area (Å²) in [5.74, 6) is 0.587. The first kappa shape index (κ1) is 15.8. The maximum atomic E-state index is 11.6. The first-order valence-electron chi connectivity index (χ1n) is 5.92. The third-order valence-corrected chi connectivity index (χ3v) is 3.95. The molecule has 0 atom stereocenters. The molecule has 0 saturated carbocycles. The lowest BCUT2D eigenvalue weighted by molar-refractivity contribution is -0.118. The van der Waals surface area contributed by atoms with Gasteiger partial charge in [0.05, 0.1) is 5.75 Å². The van der Waals surface area contributed by atoms with Gasteiger partial charge in [-0.15, -0.1) is 11.8 Å². The summed E-state index contributed by atoms with van der Waals surface area (Å²) in [5.41, 5.74) is 5.86. The molecule has 0 bridgehead atoms. The molecule has 0 aliphatic carbocycles. The third-order valence-electron chi connectivity index (χ3n) is 2.68. The fraction of sp³-hybridized carbons (Fsp3) is 0.917. The number of hydrogen-bond donors (Lipinski definition) is 2. The fourth-order valence-corrected chi connectivity index (χ4v) is 1.77. The molecule has 0 unspecified atom stereocenters. The van der Waals surface area contributed by atoms with E-state index in [2.05, 4.69) is 39.9 Å². The summed E-state index contributed by atoms with van der Waals surface area (Å²) in [7, 11) is 0. The molecule has 0 aliphatic heterocycles. The summed E-state index contributed by atoms with van der Waals surface area (Å²) in [5, 5.41) is 2.91. The monoisotopic (exact) mass is 246 g/mol. The average molecular weight is 246 g/mol. The highest BCUT2D eigenvalue weighted by atomic mass is 32.2. The highest BCUT2D eigenvalue weighted by Crippen LogP contribution is 2.22. The Morgan fingerprint density at radius 3 is 2.12 bits per heavy atom. The Bertz CT molecular complexity index is 220. The van der Waals surface area contributed by atoms with Gasteiger partial charge >= 0.3 is 0 Å². The summed E-state index contributed by atoms with van der Waals surface area (Å²) in [6.45, 7) is 11.0. The minimum atomic E-state index is -0.248. The Labute approximate surface area is 104 Å². The van der Waals surface area contributed by atoms with Crippen LogP contribution in [0, 0.1) is 0 Å². The van der Waals surface area contributed by atoms with Crippen molar-refractivity contribution in [3.05, 3.63) is 0 Å². The van der Waals surface area contributed by atoms with E-state index < -0.39 is 0 Å². The van der Waals surface area contributed by atoms with Crippen LogP contribution < -0.4 is 11.1 Å². The van der Waals surface area contributed by atoms with Crippen molar-refractivity contribution in [2.24, 2.45) is 5.73 Å². The van der Waals surface area contributed by atoms with Gasteiger partial charge in [0.15, 0.2) is 0 Å². The van der Waals surface area contributed by atoms with Crippen molar-refractivity contribution >= 4 is 17.7 Å². The number of hydrogen-bond acceptors (Lipinski definition) is 3. The second-order valence-corrected chi connectivity index (χ2v) is 7.05. The van der Waals surface area contributed by atoms with Crippen molar-refractivity contribution < 1.29 is 4.79 Å². The second-order valence-electron chi connectivity index (χ2n) is 5.25. The molecule has 0 aromatic carbocycles. The number of amides is 1. The summed E-state index contributed by atoms with van der Waals surface area (Å²) in [4.78, 5) is 11.6. The molecule has 0 aromatic heterocycles. The van der Waals surface area contributed by atoms with E-state index in [4.69, 9.17) is 5.73 Å². The van der Waals surface area contributed by atoms with Gasteiger partial charge in [0.2, 0.25) is 5.91 Å². The second kappa shape index (κ2) is 6.50. The van der Waals surface area contributed by atoms with Gasteiger partial charge in [-0.1, -0.05) is 34.6 Å². The van der Waals surface area contributed by atoms with Crippen molar-refractivity contribution in [3.8, 4) is 0 Å². The molecule has 3 nitrogen and oxygen atoms in total. The van der Waals surface area contributed by atoms with E-state index in [9.17, 15) is 4.79 Å². The van der Waals surface area contributed by atoms with E-state index in [1.54, 1.807) is 11.8 Å². The SMILES string of the molecule is CCC(N)(CC)CNC(=O)CSC(C)(C)C. The molecule has 0 heterocycles. The normalized spacial score (nSPS) is 12.6. The molecule has 1 amide bonds. The topological polar surface area (TPSA) is 55.1 Å². The number of rotatable bonds is 6. The van der Waals surface area contributed by atoms with Gasteiger partial charge in [-0.2, -0.15) is 0 Å². The molecule has 0 aromatic rings. The van der Waals surface area contributed by atoms with Crippen LogP contribution >= 0.6 is 11.8 Å². The number of carbonyl (C=O) groups is 1. The van der Waals surface area contributed by atoms with E-state index in [1.807, 2.05) is 0 Å². The van der Waals surface area contributed by atoms with E-state index in [1.165, 1.54) is 0 Å². The molecule has 0 radical (unpaired) electrons. The van der Waals surface area contributed by atoms with Crippen molar-refractivity contribution in [2.45, 2.75) is 57.7 Å². The van der Waals surface area contributed by atoms with Gasteiger partial charge < -0.3 is 11.1 Å². The summed E-state index contributed by atoms with van der Waals surface area (Å²) < 4.78 is 0.132. The Hall–Kier alpha value is -0.220. The number of thioether (sulfide) groups is 1. The fourth-order valence-electron chi connectivity index (χ4n) is 1.11. The van der Waals surface area contributed by atoms with Crippen LogP contribution in [0.15, 0.2) is 0 Å². The van der Waals surface area contributed by atoms with Crippen LogP contribution in [0.5, 0.6) is 0 Å². The van der Waals surface area contributed by atoms with Crippen LogP contribution in [0.3, 0.4) is 0 Å². The Morgan fingerprint density at radius 1 is 1.25 bits per heavy atom. The van der Waals surface area contributed by atoms with Crippen LogP contribution in [0.1, 0.15) is 47.5 Å². The molecule has 3 N–H and O–H groups in total. The lowest BCUT2D eigenvalue weighted by Crippen LogP contribution is -2.49. The minimum absolute atomic E-state index is 0.0802. The lowest BCUT2D eigenvalue weighted by Gasteiger charge is -2.27. The predicted molar refractivity (Wildman–Crippen MR) is 72.7 cm³/mol. The quantitative estimate of drug-likeness (QED) is 0.755. The van der Waals surface area contributed by atoms with Crippen LogP contribution in [0.25, 0.3) is 0 Å². The van der Waals surface area contributed by atoms with E-state index >= 15 is 0 Å². The Balaban J connectivity index is 3.90. The van der Waals surface area contributed by atoms with Crippen molar-refractivity contribution in [2.75, 3.05) is 12.3 Å². The van der Waals surface area contributed by atoms with Gasteiger partial charge in [0, 0.05) is 16.8 Å². The molecule has 0 saturated heterocycles. The molecule has 0 spiro atoms. The average Bonchev–Trinajstić information content (AvgIpc) is 2.22. The molecule has 0 fully saturated rings. The highest BCUT2D eigenvalue weighted by molar-refractivity contribution is 8.01. The van der Waals surface area contributed by atoms with Gasteiger partial charge in [-0.25, -0.2) is 0 Å². The number of nitrogens with two attached hydrogens (primary N) is 1. The zero-order valence-electron chi connectivity index (χ0n) is 11.2. The van der Waals surface area contributed by atoms with Crippen LogP contribution in [0.4, 0.5) is 0 Å². The van der Waals surface area contributed by atoms with E-state index in [0.29, 0.717) is 12.3 Å². The van der Waals surface area contributed by atoms with Crippen molar-refractivity contribution in [1.82, 2.24) is 5.32 Å². The first-order valence-corrected chi connectivity index (χ1v) is 6.90. The van der Waals surface area contributed by atoms with Crippen molar-refractivity contribution in [3.63, 3.8) is 0 Å². The molecule has 0 aliphatic rings. The van der Waals surface area contributed by atoms with Crippen LogP contribution in [-0.4, -0.2) is 28.5 Å². The highest BCUT2D eigenvalue weighted by Gasteiger charge is 2.21. The molecule has 4 heteroatoms. The maximum absolute atomic E-state index is 11.6. The standard InChI is InChI=1S/C12H26N2OS/c1-6-12(13,7-2)9-14-10(15)8-16-11(3,4)5/h6-9,13H2,1-5H3,(H,14,15). The Morgan fingerprint density at radius 2 is 1.75 bits per heavy atom. The van der Waals surface area contributed by atoms with Gasteiger partial charge in [0.25, 0.3) is 0 Å². The minimum Gasteiger partial charge on any atom is -0.354 e. The molecular formula is C12H26N2OS. The van der Waals surface area contributed by atoms with Gasteiger partial charge in [-0.05, 0) is 12.8 Å². The zero-order chi connectivity index (χ0) is 12.8. The smallest absolute Gasteiger partial charge is 0.230 e. The molecule has 96 valence electrons. The van der Waals surface area contributed by atoms with E-state index in [-0.39, 0.29) is 16.2 Å². The summed E-state index contributed by atoms with van der Waals surface area (Å²) in [6, 6.07) is 0. The number of carbonyl (C=O) groups excluding carboxylic acids is 1. The zero-order valence-corrected chi connectivity index (χ0v) is 12.0. The third kappa shape index (κ3) is 7.12. The summed E-state index contributed by atoms with van der Waals surface area (Å²) >= 11 is 1.65. The predicted octanol–water partition coefficient (Wildman–Crippen LogP) is 2.15. The lowest BCUT2D eigenvalue weighted by atomic mass is 9.94. The maximum Gasteiger partial charge on any atom is 0.230 e. The number of nitrogens with one attached hydrogen (secondary N) is 1. The largest absolute Gasteiger partial charge is 0.354 e. The van der Waals surface area contributed by atoms with Crippen LogP contribution in [0.2, 0.25) is 0 Å². The molecular weight excluding hydrogens is 220 g/mol. The van der Waals surface area contributed by atoms with Crippen LogP contribution in [-0.2, 0) is 4.79 Å². The van der Waals surface area contributed by atoms with Crippen molar-refractivity contribution in [1.29, 1.82) is 0 Å². The van der Waals surface area contributed by atoms with Gasteiger partial charge in [0.1, 0.15) is 0 Å². The molecule has 16 heavy (non-hydrogen) atoms. The van der Waals surface area contributed by atoms with Gasteiger partial charge in [-0.3, -0.25) is 4.79 Å². The first-order chi connectivity index (χ1) is 7.22. The Kier molecular flexibility index (Phi) is 6.41. The summed E-state index contributed by atoms with van der Waals surface area (Å²) in [6.07, 6.45) is 1.77. The van der Waals surface area contributed by atoms with E-state index in [0.717, 1.165) is 12.8 Å².